The second-order valence-corrected chi connectivity index (χ2v) is 12.1. The molecule has 6 aromatic heterocycles. The van der Waals surface area contributed by atoms with Crippen LogP contribution in [0.15, 0.2) is 90.7 Å². The fourth-order valence-electron chi connectivity index (χ4n) is 4.83. The number of nitriles is 1. The standard InChI is InChI=1S/C18H7F5N3S.C18H11N3O6.CHNS.Ru/c19-14-13(15(20)17(22)18(23)16(14)21)11-6-10(25-26-11)9-4-3-8(7-24-9)12-2-1-5-27-12;22-16(23)9-1-3-19-12(5-9)14-7-11(18(26)27)8-15(21-14)13-6-10(17(24)25)2-4-20-13;2-1-3;/h1-7H;1-8H,(H,22,23)(H,24,25)(H,26,27);3H;/q-1;;;+2/p-1. The Labute approximate surface area is 344 Å². The van der Waals surface area contributed by atoms with Crippen molar-refractivity contribution in [1.82, 2.24) is 30.1 Å². The van der Waals surface area contributed by atoms with Crippen molar-refractivity contribution in [2.24, 2.45) is 0 Å². The van der Waals surface area contributed by atoms with Crippen LogP contribution in [-0.2, 0) is 32.1 Å². The maximum Gasteiger partial charge on any atom is 2.00 e. The molecule has 0 amide bonds. The number of halogens is 5. The normalized spacial score (nSPS) is 10.1. The van der Waals surface area contributed by atoms with Gasteiger partial charge in [-0.3, -0.25) is 15.0 Å². The number of nitrogens with zero attached hydrogens (tertiary/aromatic N) is 7. The number of pyridine rings is 4. The van der Waals surface area contributed by atoms with Crippen LogP contribution in [0.4, 0.5) is 22.0 Å². The monoisotopic (exact) mass is 917 g/mol. The third-order valence-corrected chi connectivity index (χ3v) is 8.37. The van der Waals surface area contributed by atoms with E-state index in [2.05, 4.69) is 42.8 Å². The second kappa shape index (κ2) is 19.3. The predicted octanol–water partition coefficient (Wildman–Crippen LogP) is 7.50. The molecule has 58 heavy (non-hydrogen) atoms. The molecular weight excluding hydrogens is 899 g/mol. The number of carboxylic acid groups (broad SMARTS) is 3. The number of rotatable bonds is 8. The number of hydrogen-bond donors (Lipinski definition) is 3. The van der Waals surface area contributed by atoms with E-state index in [0.717, 1.165) is 16.5 Å². The van der Waals surface area contributed by atoms with Gasteiger partial charge in [0, 0.05) is 34.7 Å². The molecule has 13 nitrogen and oxygen atoms in total. The molecule has 0 radical (unpaired) electrons. The molecule has 0 fully saturated rings. The van der Waals surface area contributed by atoms with E-state index in [1.807, 2.05) is 17.5 Å². The summed E-state index contributed by atoms with van der Waals surface area (Å²) in [4.78, 5) is 51.3. The molecule has 0 aliphatic carbocycles. The second-order valence-electron chi connectivity index (χ2n) is 11.0. The molecule has 6 heterocycles. The van der Waals surface area contributed by atoms with Crippen molar-refractivity contribution in [1.29, 1.82) is 5.26 Å². The van der Waals surface area contributed by atoms with Gasteiger partial charge in [0.05, 0.1) is 50.7 Å². The summed E-state index contributed by atoms with van der Waals surface area (Å²) in [5.41, 5.74) is 0.138. The SMILES string of the molecule is Fc1c(F)c(F)c(-c2cc(-c3ccc(-c4cccs4)cn3)[n-]n2)c(F)c1F.N#C[S-].O=C(O)c1ccnc(-c2cc(C(=O)O)cc(-c3cc(C(=O)O)ccn3)n2)c1.[Ru+2]. The fraction of sp³-hybridized carbons (Fsp3) is 0. The zero-order valence-corrected chi connectivity index (χ0v) is 31.8. The van der Waals surface area contributed by atoms with E-state index in [0.29, 0.717) is 5.69 Å². The third-order valence-electron chi connectivity index (χ3n) is 7.45. The van der Waals surface area contributed by atoms with Gasteiger partial charge < -0.3 is 38.1 Å². The van der Waals surface area contributed by atoms with Gasteiger partial charge in [-0.2, -0.15) is 0 Å². The maximum atomic E-state index is 13.9. The van der Waals surface area contributed by atoms with E-state index in [1.54, 1.807) is 18.3 Å². The number of benzene rings is 1. The van der Waals surface area contributed by atoms with E-state index in [9.17, 15) is 41.4 Å². The Bertz CT molecular complexity index is 2580. The van der Waals surface area contributed by atoms with Gasteiger partial charge in [0.25, 0.3) is 0 Å². The predicted molar refractivity (Wildman–Crippen MR) is 194 cm³/mol. The Hall–Kier alpha value is -6.88. The molecular formula is C37H18F5N7O6RuS2. The van der Waals surface area contributed by atoms with Crippen molar-refractivity contribution in [3.8, 4) is 61.3 Å². The molecule has 292 valence electrons. The van der Waals surface area contributed by atoms with Crippen LogP contribution in [0.3, 0.4) is 0 Å². The Kier molecular flexibility index (Phi) is 14.6. The van der Waals surface area contributed by atoms with Gasteiger partial charge in [-0.15, -0.1) is 11.3 Å². The van der Waals surface area contributed by atoms with E-state index < -0.39 is 58.3 Å². The summed E-state index contributed by atoms with van der Waals surface area (Å²) in [6.45, 7) is 0. The Morgan fingerprint density at radius 1 is 0.655 bits per heavy atom. The first-order valence-electron chi connectivity index (χ1n) is 15.4. The van der Waals surface area contributed by atoms with Crippen LogP contribution in [0.2, 0.25) is 0 Å². The van der Waals surface area contributed by atoms with E-state index in [4.69, 9.17) is 15.5 Å². The van der Waals surface area contributed by atoms with Crippen molar-refractivity contribution >= 4 is 41.9 Å². The van der Waals surface area contributed by atoms with Crippen LogP contribution in [0.1, 0.15) is 31.1 Å². The molecule has 0 unspecified atom stereocenters. The molecule has 21 heteroatoms. The first-order chi connectivity index (χ1) is 27.2. The summed E-state index contributed by atoms with van der Waals surface area (Å²) in [6, 6.07) is 16.0. The fourth-order valence-corrected chi connectivity index (χ4v) is 5.55. The maximum absolute atomic E-state index is 13.9. The first-order valence-corrected chi connectivity index (χ1v) is 16.7. The van der Waals surface area contributed by atoms with Gasteiger partial charge in [0.2, 0.25) is 5.82 Å². The van der Waals surface area contributed by atoms with Crippen molar-refractivity contribution < 1.29 is 71.1 Å². The van der Waals surface area contributed by atoms with Crippen LogP contribution >= 0.6 is 11.3 Å². The summed E-state index contributed by atoms with van der Waals surface area (Å²) in [5.74, 6) is -13.8. The molecule has 0 atom stereocenters. The molecule has 0 saturated carbocycles. The molecule has 3 N–H and O–H groups in total. The van der Waals surface area contributed by atoms with Crippen LogP contribution in [-0.4, -0.2) is 58.3 Å². The third kappa shape index (κ3) is 9.91. The first kappa shape index (κ1) is 43.8. The average molecular weight is 917 g/mol. The van der Waals surface area contributed by atoms with E-state index in [1.165, 1.54) is 65.5 Å². The molecule has 0 bridgehead atoms. The summed E-state index contributed by atoms with van der Waals surface area (Å²) < 4.78 is 67.7. The van der Waals surface area contributed by atoms with Gasteiger partial charge in [-0.1, -0.05) is 17.2 Å². The van der Waals surface area contributed by atoms with Crippen molar-refractivity contribution in [3.63, 3.8) is 0 Å². The minimum absolute atomic E-state index is 0. The molecule has 0 aliphatic heterocycles. The Morgan fingerprint density at radius 3 is 1.60 bits per heavy atom. The zero-order valence-electron chi connectivity index (χ0n) is 28.4. The molecule has 0 aliphatic rings. The minimum atomic E-state index is -2.22. The average Bonchev–Trinajstić information content (AvgIpc) is 3.94. The van der Waals surface area contributed by atoms with Crippen LogP contribution < -0.4 is 5.10 Å². The molecule has 0 spiro atoms. The number of thiocyanates is 1. The summed E-state index contributed by atoms with van der Waals surface area (Å²) >= 11 is 5.23. The molecule has 0 saturated heterocycles. The van der Waals surface area contributed by atoms with Crippen molar-refractivity contribution in [2.75, 3.05) is 0 Å². The van der Waals surface area contributed by atoms with E-state index >= 15 is 0 Å². The smallest absolute Gasteiger partial charge is 0.696 e. The number of hydrogen-bond acceptors (Lipinski definition) is 11. The largest absolute Gasteiger partial charge is 2.00 e. The van der Waals surface area contributed by atoms with Crippen molar-refractivity contribution in [2.45, 2.75) is 0 Å². The topological polar surface area (TPSA) is 214 Å². The molecule has 1 aromatic carbocycles. The molecule has 7 aromatic rings. The number of thiophene rings is 1. The number of aromatic nitrogens is 6. The van der Waals surface area contributed by atoms with Gasteiger partial charge in [0.1, 0.15) is 0 Å². The number of carboxylic acids is 3. The summed E-state index contributed by atoms with van der Waals surface area (Å²) in [7, 11) is 0. The molecule has 7 rings (SSSR count). The van der Waals surface area contributed by atoms with E-state index in [-0.39, 0.29) is 64.6 Å². The Morgan fingerprint density at radius 2 is 1.16 bits per heavy atom. The number of aromatic carboxylic acids is 3. The van der Waals surface area contributed by atoms with Crippen molar-refractivity contribution in [3.05, 3.63) is 136 Å². The van der Waals surface area contributed by atoms with Gasteiger partial charge in [-0.25, -0.2) is 46.6 Å². The Balaban J connectivity index is 0.000000237. The van der Waals surface area contributed by atoms with Gasteiger partial charge in [-0.05, 0) is 66.0 Å². The van der Waals surface area contributed by atoms with Crippen LogP contribution in [0.25, 0.3) is 55.9 Å². The summed E-state index contributed by atoms with van der Waals surface area (Å²) in [6.07, 6.45) is 4.14. The number of carbonyl (C=O) groups is 3. The quantitative estimate of drug-likeness (QED) is 0.0336. The summed E-state index contributed by atoms with van der Waals surface area (Å²) in [5, 5.41) is 45.2. The minimum Gasteiger partial charge on any atom is -0.696 e. The van der Waals surface area contributed by atoms with Gasteiger partial charge in [0.15, 0.2) is 23.3 Å². The zero-order chi connectivity index (χ0) is 41.4. The van der Waals surface area contributed by atoms with Crippen LogP contribution in [0.5, 0.6) is 0 Å². The van der Waals surface area contributed by atoms with Gasteiger partial charge >= 0.3 is 37.4 Å². The van der Waals surface area contributed by atoms with Crippen LogP contribution in [0, 0.1) is 39.7 Å².